The Labute approximate surface area is 79.8 Å². The Balaban J connectivity index is 4.39. The summed E-state index contributed by atoms with van der Waals surface area (Å²) in [4.78, 5) is 10.5. The van der Waals surface area contributed by atoms with Gasteiger partial charge in [-0.15, -0.1) is 0 Å². The van der Waals surface area contributed by atoms with E-state index in [0.717, 1.165) is 0 Å². The van der Waals surface area contributed by atoms with Gasteiger partial charge in [-0.25, -0.2) is 4.79 Å². The first-order valence-electron chi connectivity index (χ1n) is 3.75. The summed E-state index contributed by atoms with van der Waals surface area (Å²) in [5.41, 5.74) is 0. The predicted molar refractivity (Wildman–Crippen MR) is 42.4 cm³/mol. The first kappa shape index (κ1) is 13.2. The Morgan fingerprint density at radius 2 is 2.00 bits per heavy atom. The van der Waals surface area contributed by atoms with Crippen molar-refractivity contribution < 1.29 is 31.3 Å². The molecule has 84 valence electrons. The minimum Gasteiger partial charge on any atom is -0.460 e. The quantitative estimate of drug-likeness (QED) is 0.431. The van der Waals surface area contributed by atoms with Crippen molar-refractivity contribution in [1.82, 2.24) is 0 Å². The van der Waals surface area contributed by atoms with Gasteiger partial charge in [0, 0.05) is 0 Å². The SMILES string of the molecule is CCCCOC(=O)C(F)(F)S(=O)(=O)O. The molecule has 0 unspecified atom stereocenters. The third-order valence-electron chi connectivity index (χ3n) is 1.29. The number of ether oxygens (including phenoxy) is 1. The predicted octanol–water partition coefficient (Wildman–Crippen LogP) is 0.810. The van der Waals surface area contributed by atoms with Crippen molar-refractivity contribution in [2.24, 2.45) is 0 Å². The zero-order valence-corrected chi connectivity index (χ0v) is 8.18. The van der Waals surface area contributed by atoms with Crippen LogP contribution in [0.4, 0.5) is 8.78 Å². The molecule has 0 heterocycles. The number of carbonyl (C=O) groups is 1. The number of alkyl halides is 2. The fourth-order valence-corrected chi connectivity index (χ4v) is 0.768. The van der Waals surface area contributed by atoms with E-state index in [1.54, 1.807) is 6.92 Å². The van der Waals surface area contributed by atoms with Crippen LogP contribution in [0.2, 0.25) is 0 Å². The van der Waals surface area contributed by atoms with E-state index in [4.69, 9.17) is 4.55 Å². The third kappa shape index (κ3) is 3.18. The smallest absolute Gasteiger partial charge is 0.460 e. The lowest BCUT2D eigenvalue weighted by atomic mass is 10.4. The fourth-order valence-electron chi connectivity index (χ4n) is 0.499. The van der Waals surface area contributed by atoms with Crippen LogP contribution in [0.15, 0.2) is 0 Å². The zero-order valence-electron chi connectivity index (χ0n) is 7.37. The molecule has 0 aliphatic rings. The molecule has 0 bridgehead atoms. The van der Waals surface area contributed by atoms with E-state index < -0.39 is 21.3 Å². The molecule has 0 saturated carbocycles. The van der Waals surface area contributed by atoms with Crippen LogP contribution in [0.5, 0.6) is 0 Å². The summed E-state index contributed by atoms with van der Waals surface area (Å²) in [6.45, 7) is 1.43. The van der Waals surface area contributed by atoms with Gasteiger partial charge in [-0.1, -0.05) is 13.3 Å². The van der Waals surface area contributed by atoms with Crippen LogP contribution >= 0.6 is 0 Å². The molecule has 5 nitrogen and oxygen atoms in total. The second kappa shape index (κ2) is 4.65. The van der Waals surface area contributed by atoms with Crippen molar-refractivity contribution in [3.05, 3.63) is 0 Å². The molecule has 14 heavy (non-hydrogen) atoms. The highest BCUT2D eigenvalue weighted by Gasteiger charge is 2.54. The molecule has 0 aromatic heterocycles. The van der Waals surface area contributed by atoms with Crippen molar-refractivity contribution in [2.75, 3.05) is 6.61 Å². The van der Waals surface area contributed by atoms with E-state index in [0.29, 0.717) is 12.8 Å². The van der Waals surface area contributed by atoms with Gasteiger partial charge in [-0.2, -0.15) is 17.2 Å². The van der Waals surface area contributed by atoms with Gasteiger partial charge in [-0.05, 0) is 6.42 Å². The minimum atomic E-state index is -5.75. The van der Waals surface area contributed by atoms with Crippen molar-refractivity contribution >= 4 is 16.1 Å². The Kier molecular flexibility index (Phi) is 4.40. The summed E-state index contributed by atoms with van der Waals surface area (Å²) in [7, 11) is -5.75. The summed E-state index contributed by atoms with van der Waals surface area (Å²) in [6.07, 6.45) is 0.942. The van der Waals surface area contributed by atoms with E-state index in [2.05, 4.69) is 4.74 Å². The van der Waals surface area contributed by atoms with Crippen LogP contribution < -0.4 is 0 Å². The topological polar surface area (TPSA) is 80.7 Å². The van der Waals surface area contributed by atoms with E-state index in [1.165, 1.54) is 0 Å². The van der Waals surface area contributed by atoms with Crippen LogP contribution in [-0.2, 0) is 19.6 Å². The molecule has 0 aliphatic heterocycles. The first-order valence-corrected chi connectivity index (χ1v) is 5.19. The standard InChI is InChI=1S/C6H10F2O5S/c1-2-3-4-13-5(9)6(7,8)14(10,11)12/h2-4H2,1H3,(H,10,11,12). The molecule has 8 heteroatoms. The van der Waals surface area contributed by atoms with Gasteiger partial charge in [0.05, 0.1) is 6.61 Å². The molecule has 0 fully saturated rings. The number of esters is 1. The van der Waals surface area contributed by atoms with Gasteiger partial charge in [0.15, 0.2) is 0 Å². The summed E-state index contributed by atoms with van der Waals surface area (Å²) >= 11 is 0. The summed E-state index contributed by atoms with van der Waals surface area (Å²) in [5, 5.41) is -4.89. The van der Waals surface area contributed by atoms with Gasteiger partial charge in [0.1, 0.15) is 0 Å². The highest BCUT2D eigenvalue weighted by molar-refractivity contribution is 7.87. The fraction of sp³-hybridized carbons (Fsp3) is 0.833. The third-order valence-corrected chi connectivity index (χ3v) is 2.11. The van der Waals surface area contributed by atoms with Gasteiger partial charge in [0.2, 0.25) is 0 Å². The maximum atomic E-state index is 12.4. The van der Waals surface area contributed by atoms with Gasteiger partial charge >= 0.3 is 21.3 Å². The number of rotatable bonds is 5. The van der Waals surface area contributed by atoms with E-state index in [1.807, 2.05) is 0 Å². The van der Waals surface area contributed by atoms with Crippen LogP contribution in [0.25, 0.3) is 0 Å². The molecule has 0 radical (unpaired) electrons. The van der Waals surface area contributed by atoms with Crippen LogP contribution in [0, 0.1) is 0 Å². The summed E-state index contributed by atoms with van der Waals surface area (Å²) < 4.78 is 56.9. The number of hydrogen-bond acceptors (Lipinski definition) is 4. The van der Waals surface area contributed by atoms with Crippen LogP contribution in [0.1, 0.15) is 19.8 Å². The number of halogens is 2. The van der Waals surface area contributed by atoms with Crippen molar-refractivity contribution in [2.45, 2.75) is 25.0 Å². The Morgan fingerprint density at radius 3 is 2.36 bits per heavy atom. The maximum absolute atomic E-state index is 12.4. The molecular formula is C6H10F2O5S. The van der Waals surface area contributed by atoms with Crippen LogP contribution in [-0.4, -0.2) is 30.8 Å². The molecule has 0 aromatic rings. The average Bonchev–Trinajstić information content (AvgIpc) is 2.02. The zero-order chi connectivity index (χ0) is 11.4. The largest absolute Gasteiger partial charge is 0.465 e. The number of unbranched alkanes of at least 4 members (excludes halogenated alkanes) is 1. The molecular weight excluding hydrogens is 222 g/mol. The molecule has 0 spiro atoms. The molecule has 0 aliphatic carbocycles. The molecule has 1 N–H and O–H groups in total. The monoisotopic (exact) mass is 232 g/mol. The second-order valence-corrected chi connectivity index (χ2v) is 3.94. The lowest BCUT2D eigenvalue weighted by Gasteiger charge is -2.11. The Bertz CT molecular complexity index is 297. The van der Waals surface area contributed by atoms with E-state index >= 15 is 0 Å². The van der Waals surface area contributed by atoms with Gasteiger partial charge < -0.3 is 4.74 Å². The van der Waals surface area contributed by atoms with E-state index in [-0.39, 0.29) is 6.61 Å². The molecule has 0 rings (SSSR count). The molecule has 0 aromatic carbocycles. The average molecular weight is 232 g/mol. The lowest BCUT2D eigenvalue weighted by molar-refractivity contribution is -0.161. The van der Waals surface area contributed by atoms with Crippen LogP contribution in [0.3, 0.4) is 0 Å². The molecule has 0 amide bonds. The summed E-state index contributed by atoms with van der Waals surface area (Å²) in [6, 6.07) is 0. The first-order chi connectivity index (χ1) is 6.23. The highest BCUT2D eigenvalue weighted by atomic mass is 32.2. The maximum Gasteiger partial charge on any atom is 0.465 e. The highest BCUT2D eigenvalue weighted by Crippen LogP contribution is 2.22. The normalized spacial score (nSPS) is 12.6. The van der Waals surface area contributed by atoms with Crippen molar-refractivity contribution in [3.63, 3.8) is 0 Å². The number of hydrogen-bond donors (Lipinski definition) is 1. The minimum absolute atomic E-state index is 0.305. The van der Waals surface area contributed by atoms with Gasteiger partial charge in [0.25, 0.3) is 0 Å². The van der Waals surface area contributed by atoms with Gasteiger partial charge in [-0.3, -0.25) is 4.55 Å². The van der Waals surface area contributed by atoms with E-state index in [9.17, 15) is 22.0 Å². The molecule has 0 saturated heterocycles. The Hall–Kier alpha value is -0.760. The second-order valence-electron chi connectivity index (χ2n) is 2.48. The summed E-state index contributed by atoms with van der Waals surface area (Å²) in [5.74, 6) is -2.26. The Morgan fingerprint density at radius 1 is 1.50 bits per heavy atom. The van der Waals surface area contributed by atoms with Crippen molar-refractivity contribution in [1.29, 1.82) is 0 Å². The number of carbonyl (C=O) groups excluding carboxylic acids is 1. The molecule has 0 atom stereocenters. The lowest BCUT2D eigenvalue weighted by Crippen LogP contribution is -2.39. The van der Waals surface area contributed by atoms with Crippen molar-refractivity contribution in [3.8, 4) is 0 Å².